The topological polar surface area (TPSA) is 65.2 Å². The van der Waals surface area contributed by atoms with Crippen LogP contribution in [0, 0.1) is 6.92 Å². The van der Waals surface area contributed by atoms with Crippen molar-refractivity contribution in [2.75, 3.05) is 7.11 Å². The van der Waals surface area contributed by atoms with Crippen LogP contribution in [0.3, 0.4) is 0 Å². The Hall–Kier alpha value is -1.86. The number of ether oxygens (including phenoxy) is 1. The standard InChI is InChI=1S/C13H10N2O3S2/c1-7-14-15-13(19-7)20-11-5-8-3-4-9(17-2)6-10(8)18-12(11)16/h3-6H,1-2H3. The zero-order valence-corrected chi connectivity index (χ0v) is 12.4. The van der Waals surface area contributed by atoms with Gasteiger partial charge in [-0.15, -0.1) is 10.2 Å². The number of benzene rings is 1. The van der Waals surface area contributed by atoms with Gasteiger partial charge in [-0.05, 0) is 36.9 Å². The van der Waals surface area contributed by atoms with E-state index in [2.05, 4.69) is 10.2 Å². The Morgan fingerprint density at radius 2 is 2.15 bits per heavy atom. The molecule has 0 fully saturated rings. The van der Waals surface area contributed by atoms with Gasteiger partial charge < -0.3 is 9.15 Å². The predicted molar refractivity (Wildman–Crippen MR) is 77.8 cm³/mol. The maximum absolute atomic E-state index is 12.0. The molecule has 0 aliphatic carbocycles. The van der Waals surface area contributed by atoms with Gasteiger partial charge in [0, 0.05) is 11.5 Å². The van der Waals surface area contributed by atoms with Crippen molar-refractivity contribution < 1.29 is 9.15 Å². The molecule has 0 aliphatic heterocycles. The van der Waals surface area contributed by atoms with E-state index in [-0.39, 0.29) is 5.63 Å². The molecule has 5 nitrogen and oxygen atoms in total. The highest BCUT2D eigenvalue weighted by Gasteiger charge is 2.10. The Morgan fingerprint density at radius 3 is 2.85 bits per heavy atom. The van der Waals surface area contributed by atoms with Crippen molar-refractivity contribution in [1.29, 1.82) is 0 Å². The highest BCUT2D eigenvalue weighted by Crippen LogP contribution is 2.30. The van der Waals surface area contributed by atoms with Gasteiger partial charge in [-0.25, -0.2) is 4.79 Å². The zero-order valence-electron chi connectivity index (χ0n) is 10.7. The van der Waals surface area contributed by atoms with Gasteiger partial charge in [-0.2, -0.15) is 0 Å². The summed E-state index contributed by atoms with van der Waals surface area (Å²) in [4.78, 5) is 12.5. The summed E-state index contributed by atoms with van der Waals surface area (Å²) in [6, 6.07) is 7.17. The SMILES string of the molecule is COc1ccc2cc(Sc3nnc(C)s3)c(=O)oc2c1. The first kappa shape index (κ1) is 13.1. The molecule has 102 valence electrons. The molecule has 3 aromatic rings. The minimum atomic E-state index is -0.386. The van der Waals surface area contributed by atoms with E-state index in [1.807, 2.05) is 19.1 Å². The second kappa shape index (κ2) is 5.26. The molecule has 3 rings (SSSR count). The highest BCUT2D eigenvalue weighted by molar-refractivity contribution is 8.01. The molecule has 0 saturated carbocycles. The summed E-state index contributed by atoms with van der Waals surface area (Å²) in [5.74, 6) is 0.654. The first-order valence-corrected chi connectivity index (χ1v) is 7.39. The summed E-state index contributed by atoms with van der Waals surface area (Å²) in [5.41, 5.74) is 0.121. The fraction of sp³-hybridized carbons (Fsp3) is 0.154. The minimum Gasteiger partial charge on any atom is -0.497 e. The number of aromatic nitrogens is 2. The molecular weight excluding hydrogens is 296 g/mol. The van der Waals surface area contributed by atoms with Crippen LogP contribution in [-0.4, -0.2) is 17.3 Å². The Labute approximate surface area is 122 Å². The zero-order chi connectivity index (χ0) is 14.1. The summed E-state index contributed by atoms with van der Waals surface area (Å²) >= 11 is 2.71. The summed E-state index contributed by atoms with van der Waals surface area (Å²) in [7, 11) is 1.57. The number of rotatable bonds is 3. The van der Waals surface area contributed by atoms with Gasteiger partial charge in [0.15, 0.2) is 4.34 Å². The van der Waals surface area contributed by atoms with E-state index in [0.717, 1.165) is 14.7 Å². The van der Waals surface area contributed by atoms with Gasteiger partial charge in [0.25, 0.3) is 0 Å². The average Bonchev–Trinajstić information content (AvgIpc) is 2.84. The number of methoxy groups -OCH3 is 1. The molecule has 1 aromatic carbocycles. The number of hydrogen-bond donors (Lipinski definition) is 0. The maximum Gasteiger partial charge on any atom is 0.350 e. The van der Waals surface area contributed by atoms with Crippen LogP contribution in [0.15, 0.2) is 42.7 Å². The van der Waals surface area contributed by atoms with E-state index in [1.54, 1.807) is 19.2 Å². The fourth-order valence-corrected chi connectivity index (χ4v) is 3.48. The molecule has 0 bridgehead atoms. The third-order valence-corrected chi connectivity index (χ3v) is 4.51. The van der Waals surface area contributed by atoms with E-state index >= 15 is 0 Å². The average molecular weight is 306 g/mol. The third-order valence-electron chi connectivity index (χ3n) is 2.62. The third kappa shape index (κ3) is 2.54. The molecule has 2 heterocycles. The van der Waals surface area contributed by atoms with Crippen LogP contribution in [0.5, 0.6) is 5.75 Å². The normalized spacial score (nSPS) is 10.9. The number of fused-ring (bicyclic) bond motifs is 1. The smallest absolute Gasteiger partial charge is 0.350 e. The van der Waals surface area contributed by atoms with Crippen LogP contribution in [0.25, 0.3) is 11.0 Å². The number of nitrogens with zero attached hydrogens (tertiary/aromatic N) is 2. The largest absolute Gasteiger partial charge is 0.497 e. The summed E-state index contributed by atoms with van der Waals surface area (Å²) < 4.78 is 11.1. The van der Waals surface area contributed by atoms with Gasteiger partial charge in [0.05, 0.1) is 7.11 Å². The summed E-state index contributed by atoms with van der Waals surface area (Å²) in [5, 5.41) is 9.62. The first-order chi connectivity index (χ1) is 9.65. The van der Waals surface area contributed by atoms with Crippen LogP contribution >= 0.6 is 23.1 Å². The van der Waals surface area contributed by atoms with E-state index < -0.39 is 0 Å². The predicted octanol–water partition coefficient (Wildman–Crippen LogP) is 3.11. The van der Waals surface area contributed by atoms with Crippen molar-refractivity contribution in [3.05, 3.63) is 39.7 Å². The second-order valence-electron chi connectivity index (χ2n) is 3.99. The second-order valence-corrected chi connectivity index (χ2v) is 6.46. The molecule has 20 heavy (non-hydrogen) atoms. The summed E-state index contributed by atoms with van der Waals surface area (Å²) in [6.45, 7) is 1.87. The molecule has 0 unspecified atom stereocenters. The van der Waals surface area contributed by atoms with Gasteiger partial charge in [0.2, 0.25) is 0 Å². The van der Waals surface area contributed by atoms with Gasteiger partial charge in [-0.1, -0.05) is 11.3 Å². The molecule has 0 amide bonds. The molecular formula is C13H10N2O3S2. The van der Waals surface area contributed by atoms with E-state index in [1.165, 1.54) is 23.1 Å². The van der Waals surface area contributed by atoms with Crippen LogP contribution in [0.4, 0.5) is 0 Å². The maximum atomic E-state index is 12.0. The molecule has 7 heteroatoms. The number of hydrogen-bond acceptors (Lipinski definition) is 7. The molecule has 0 spiro atoms. The lowest BCUT2D eigenvalue weighted by atomic mass is 10.2. The monoisotopic (exact) mass is 306 g/mol. The van der Waals surface area contributed by atoms with Crippen molar-refractivity contribution in [3.63, 3.8) is 0 Å². The Balaban J connectivity index is 2.03. The van der Waals surface area contributed by atoms with Crippen molar-refractivity contribution in [3.8, 4) is 5.75 Å². The van der Waals surface area contributed by atoms with E-state index in [0.29, 0.717) is 16.2 Å². The van der Waals surface area contributed by atoms with Crippen molar-refractivity contribution in [2.45, 2.75) is 16.2 Å². The quantitative estimate of drug-likeness (QED) is 0.693. The molecule has 0 atom stereocenters. The van der Waals surface area contributed by atoms with E-state index in [9.17, 15) is 4.79 Å². The Kier molecular flexibility index (Phi) is 3.45. The lowest BCUT2D eigenvalue weighted by molar-refractivity contribution is 0.414. The fourth-order valence-electron chi connectivity index (χ4n) is 1.68. The Bertz CT molecular complexity index is 826. The molecule has 0 radical (unpaired) electrons. The number of aryl methyl sites for hydroxylation is 1. The van der Waals surface area contributed by atoms with Crippen molar-refractivity contribution in [1.82, 2.24) is 10.2 Å². The van der Waals surface area contributed by atoms with Crippen molar-refractivity contribution in [2.24, 2.45) is 0 Å². The molecule has 2 aromatic heterocycles. The van der Waals surface area contributed by atoms with Gasteiger partial charge in [-0.3, -0.25) is 0 Å². The highest BCUT2D eigenvalue weighted by atomic mass is 32.2. The lowest BCUT2D eigenvalue weighted by Gasteiger charge is -2.02. The van der Waals surface area contributed by atoms with Gasteiger partial charge >= 0.3 is 5.63 Å². The van der Waals surface area contributed by atoms with Crippen LogP contribution in [0.1, 0.15) is 5.01 Å². The summed E-state index contributed by atoms with van der Waals surface area (Å²) in [6.07, 6.45) is 0. The van der Waals surface area contributed by atoms with Crippen molar-refractivity contribution >= 4 is 34.1 Å². The molecule has 0 saturated heterocycles. The van der Waals surface area contributed by atoms with Crippen LogP contribution in [0.2, 0.25) is 0 Å². The van der Waals surface area contributed by atoms with Crippen LogP contribution < -0.4 is 10.4 Å². The van der Waals surface area contributed by atoms with Gasteiger partial charge in [0.1, 0.15) is 21.2 Å². The first-order valence-electron chi connectivity index (χ1n) is 5.75. The Morgan fingerprint density at radius 1 is 1.30 bits per heavy atom. The molecule has 0 aliphatic rings. The molecule has 0 N–H and O–H groups in total. The van der Waals surface area contributed by atoms with Crippen LogP contribution in [-0.2, 0) is 0 Å². The minimum absolute atomic E-state index is 0.386. The lowest BCUT2D eigenvalue weighted by Crippen LogP contribution is -2.01. The van der Waals surface area contributed by atoms with E-state index in [4.69, 9.17) is 9.15 Å².